The van der Waals surface area contributed by atoms with Gasteiger partial charge in [0.25, 0.3) is 5.91 Å². The van der Waals surface area contributed by atoms with Crippen LogP contribution in [0.5, 0.6) is 0 Å². The average Bonchev–Trinajstić information content (AvgIpc) is 2.35. The summed E-state index contributed by atoms with van der Waals surface area (Å²) in [7, 11) is 0. The second kappa shape index (κ2) is 5.90. The van der Waals surface area contributed by atoms with Crippen molar-refractivity contribution in [2.24, 2.45) is 5.92 Å². The van der Waals surface area contributed by atoms with Gasteiger partial charge in [-0.25, -0.2) is 4.79 Å². The standard InChI is InChI=1S/C16H19NO3/c1-10-8-13(9-10)17-16(20)14-5-3-4-12(11(14)2)6-7-15(18)19/h3-7,10,13H,8-9H2,1-2H3,(H,17,20)(H,18,19)/b7-6+. The molecule has 0 heterocycles. The van der Waals surface area contributed by atoms with E-state index in [4.69, 9.17) is 5.11 Å². The predicted molar refractivity (Wildman–Crippen MR) is 77.5 cm³/mol. The van der Waals surface area contributed by atoms with Crippen LogP contribution in [0.3, 0.4) is 0 Å². The number of carboxylic acid groups (broad SMARTS) is 1. The Kier molecular flexibility index (Phi) is 4.23. The van der Waals surface area contributed by atoms with Gasteiger partial charge in [-0.3, -0.25) is 4.79 Å². The van der Waals surface area contributed by atoms with E-state index in [-0.39, 0.29) is 11.9 Å². The third-order valence-electron chi connectivity index (χ3n) is 3.73. The Labute approximate surface area is 118 Å². The molecule has 1 saturated carbocycles. The van der Waals surface area contributed by atoms with Crippen molar-refractivity contribution in [3.05, 3.63) is 41.0 Å². The van der Waals surface area contributed by atoms with E-state index in [1.165, 1.54) is 6.08 Å². The van der Waals surface area contributed by atoms with Crippen LogP contribution >= 0.6 is 0 Å². The Balaban J connectivity index is 2.13. The lowest BCUT2D eigenvalue weighted by atomic mass is 9.81. The molecule has 4 nitrogen and oxygen atoms in total. The molecular formula is C16H19NO3. The Morgan fingerprint density at radius 1 is 1.35 bits per heavy atom. The zero-order valence-corrected chi connectivity index (χ0v) is 11.7. The molecule has 106 valence electrons. The van der Waals surface area contributed by atoms with Gasteiger partial charge in [-0.2, -0.15) is 0 Å². The number of carbonyl (C=O) groups is 2. The summed E-state index contributed by atoms with van der Waals surface area (Å²) < 4.78 is 0. The van der Waals surface area contributed by atoms with Gasteiger partial charge in [0.2, 0.25) is 0 Å². The summed E-state index contributed by atoms with van der Waals surface area (Å²) in [6.45, 7) is 4.01. The smallest absolute Gasteiger partial charge is 0.328 e. The molecular weight excluding hydrogens is 254 g/mol. The third-order valence-corrected chi connectivity index (χ3v) is 3.73. The lowest BCUT2D eigenvalue weighted by Gasteiger charge is -2.33. The number of amides is 1. The molecule has 0 aliphatic heterocycles. The summed E-state index contributed by atoms with van der Waals surface area (Å²) in [5.74, 6) is -0.390. The molecule has 0 unspecified atom stereocenters. The van der Waals surface area contributed by atoms with E-state index in [1.807, 2.05) is 6.92 Å². The molecule has 1 aromatic carbocycles. The van der Waals surface area contributed by atoms with Gasteiger partial charge in [-0.1, -0.05) is 19.1 Å². The molecule has 0 aromatic heterocycles. The number of nitrogens with one attached hydrogen (secondary N) is 1. The summed E-state index contributed by atoms with van der Waals surface area (Å²) in [4.78, 5) is 22.8. The van der Waals surface area contributed by atoms with E-state index in [0.717, 1.165) is 30.0 Å². The fourth-order valence-corrected chi connectivity index (χ4v) is 2.52. The van der Waals surface area contributed by atoms with Gasteiger partial charge in [0.15, 0.2) is 0 Å². The summed E-state index contributed by atoms with van der Waals surface area (Å²) in [6.07, 6.45) is 4.66. The van der Waals surface area contributed by atoms with Crippen molar-refractivity contribution in [2.45, 2.75) is 32.7 Å². The van der Waals surface area contributed by atoms with Gasteiger partial charge in [-0.05, 0) is 49.0 Å². The van der Waals surface area contributed by atoms with Gasteiger partial charge in [0.05, 0.1) is 0 Å². The van der Waals surface area contributed by atoms with Crippen molar-refractivity contribution in [3.63, 3.8) is 0 Å². The van der Waals surface area contributed by atoms with Crippen molar-refractivity contribution in [3.8, 4) is 0 Å². The number of carbonyl (C=O) groups excluding carboxylic acids is 1. The predicted octanol–water partition coefficient (Wildman–Crippen LogP) is 2.62. The zero-order valence-electron chi connectivity index (χ0n) is 11.7. The van der Waals surface area contributed by atoms with E-state index in [0.29, 0.717) is 11.5 Å². The minimum atomic E-state index is -0.997. The fraction of sp³-hybridized carbons (Fsp3) is 0.375. The summed E-state index contributed by atoms with van der Waals surface area (Å²) in [5.41, 5.74) is 2.16. The Morgan fingerprint density at radius 2 is 2.05 bits per heavy atom. The fourth-order valence-electron chi connectivity index (χ4n) is 2.52. The van der Waals surface area contributed by atoms with Crippen LogP contribution in [0.2, 0.25) is 0 Å². The SMILES string of the molecule is Cc1c(/C=C/C(=O)O)cccc1C(=O)NC1CC(C)C1. The average molecular weight is 273 g/mol. The molecule has 0 radical (unpaired) electrons. The van der Waals surface area contributed by atoms with Crippen LogP contribution in [0.25, 0.3) is 6.08 Å². The van der Waals surface area contributed by atoms with Crippen molar-refractivity contribution in [1.29, 1.82) is 0 Å². The van der Waals surface area contributed by atoms with Crippen LogP contribution in [-0.4, -0.2) is 23.0 Å². The first kappa shape index (κ1) is 14.3. The van der Waals surface area contributed by atoms with Gasteiger partial charge in [-0.15, -0.1) is 0 Å². The largest absolute Gasteiger partial charge is 0.478 e. The Hall–Kier alpha value is -2.10. The first-order chi connectivity index (χ1) is 9.47. The van der Waals surface area contributed by atoms with E-state index in [9.17, 15) is 9.59 Å². The third kappa shape index (κ3) is 3.26. The lowest BCUT2D eigenvalue weighted by Crippen LogP contribution is -2.43. The normalized spacial score (nSPS) is 21.5. The molecule has 0 spiro atoms. The van der Waals surface area contributed by atoms with Gasteiger partial charge in [0.1, 0.15) is 0 Å². The molecule has 20 heavy (non-hydrogen) atoms. The molecule has 1 aliphatic rings. The minimum Gasteiger partial charge on any atom is -0.478 e. The zero-order chi connectivity index (χ0) is 14.7. The molecule has 1 aliphatic carbocycles. The Morgan fingerprint density at radius 3 is 2.65 bits per heavy atom. The van der Waals surface area contributed by atoms with E-state index < -0.39 is 5.97 Å². The number of benzene rings is 1. The van der Waals surface area contributed by atoms with Crippen molar-refractivity contribution < 1.29 is 14.7 Å². The van der Waals surface area contributed by atoms with Crippen molar-refractivity contribution in [1.82, 2.24) is 5.32 Å². The number of hydrogen-bond acceptors (Lipinski definition) is 2. The molecule has 2 N–H and O–H groups in total. The van der Waals surface area contributed by atoms with E-state index in [1.54, 1.807) is 18.2 Å². The topological polar surface area (TPSA) is 66.4 Å². The quantitative estimate of drug-likeness (QED) is 0.829. The first-order valence-electron chi connectivity index (χ1n) is 6.79. The molecule has 0 bridgehead atoms. The molecule has 0 saturated heterocycles. The highest BCUT2D eigenvalue weighted by Crippen LogP contribution is 2.27. The highest BCUT2D eigenvalue weighted by molar-refractivity contribution is 5.97. The second-order valence-corrected chi connectivity index (χ2v) is 5.44. The Bertz CT molecular complexity index is 557. The van der Waals surface area contributed by atoms with E-state index >= 15 is 0 Å². The summed E-state index contributed by atoms with van der Waals surface area (Å²) in [5, 5.41) is 11.7. The highest BCUT2D eigenvalue weighted by Gasteiger charge is 2.27. The number of carboxylic acids is 1. The maximum Gasteiger partial charge on any atom is 0.328 e. The monoisotopic (exact) mass is 273 g/mol. The van der Waals surface area contributed by atoms with Crippen LogP contribution in [0.1, 0.15) is 41.3 Å². The van der Waals surface area contributed by atoms with Crippen LogP contribution < -0.4 is 5.32 Å². The minimum absolute atomic E-state index is 0.0787. The van der Waals surface area contributed by atoms with E-state index in [2.05, 4.69) is 12.2 Å². The molecule has 0 atom stereocenters. The molecule has 1 amide bonds. The summed E-state index contributed by atoms with van der Waals surface area (Å²) in [6, 6.07) is 5.62. The first-order valence-corrected chi connectivity index (χ1v) is 6.79. The van der Waals surface area contributed by atoms with Gasteiger partial charge >= 0.3 is 5.97 Å². The van der Waals surface area contributed by atoms with Crippen LogP contribution in [0.4, 0.5) is 0 Å². The molecule has 1 aromatic rings. The lowest BCUT2D eigenvalue weighted by molar-refractivity contribution is -0.131. The van der Waals surface area contributed by atoms with Crippen LogP contribution in [0.15, 0.2) is 24.3 Å². The summed E-state index contributed by atoms with van der Waals surface area (Å²) >= 11 is 0. The van der Waals surface area contributed by atoms with Crippen LogP contribution in [-0.2, 0) is 4.79 Å². The number of hydrogen-bond donors (Lipinski definition) is 2. The maximum atomic E-state index is 12.2. The molecule has 2 rings (SSSR count). The van der Waals surface area contributed by atoms with Gasteiger partial charge in [0, 0.05) is 17.7 Å². The van der Waals surface area contributed by atoms with Crippen LogP contribution in [0, 0.1) is 12.8 Å². The van der Waals surface area contributed by atoms with Gasteiger partial charge < -0.3 is 10.4 Å². The highest BCUT2D eigenvalue weighted by atomic mass is 16.4. The van der Waals surface area contributed by atoms with Crippen molar-refractivity contribution >= 4 is 18.0 Å². The number of aliphatic carboxylic acids is 1. The molecule has 1 fully saturated rings. The maximum absolute atomic E-state index is 12.2. The molecule has 4 heteroatoms. The van der Waals surface area contributed by atoms with Crippen molar-refractivity contribution in [2.75, 3.05) is 0 Å². The second-order valence-electron chi connectivity index (χ2n) is 5.44. The number of rotatable bonds is 4.